The summed E-state index contributed by atoms with van der Waals surface area (Å²) in [5, 5.41) is 9.80. The molecule has 4 heteroatoms. The predicted molar refractivity (Wildman–Crippen MR) is 62.1 cm³/mol. The summed E-state index contributed by atoms with van der Waals surface area (Å²) in [6.45, 7) is 3.88. The van der Waals surface area contributed by atoms with Crippen LogP contribution in [-0.4, -0.2) is 24.5 Å². The number of Topliss-reactive ketones (excluding diaryl/α,β-unsaturated/α-hetero) is 1. The molecule has 1 rings (SSSR count). The Balaban J connectivity index is 3.35. The van der Waals surface area contributed by atoms with Gasteiger partial charge in [0.25, 0.3) is 0 Å². The Hall–Kier alpha value is -1.55. The molecule has 0 bridgehead atoms. The molecule has 0 amide bonds. The minimum absolute atomic E-state index is 0.127. The Kier molecular flexibility index (Phi) is 3.90. The molecule has 0 saturated carbocycles. The van der Waals surface area contributed by atoms with Gasteiger partial charge in [0, 0.05) is 0 Å². The third kappa shape index (κ3) is 2.33. The normalized spacial score (nSPS) is 10.6. The van der Waals surface area contributed by atoms with Crippen molar-refractivity contribution >= 4 is 5.78 Å². The maximum Gasteiger partial charge on any atom is 0.180 e. The van der Waals surface area contributed by atoms with E-state index in [1.165, 1.54) is 7.11 Å². The molecule has 0 unspecified atom stereocenters. The summed E-state index contributed by atoms with van der Waals surface area (Å²) in [6.07, 6.45) is 0. The Morgan fingerprint density at radius 1 is 1.50 bits per heavy atom. The highest BCUT2D eigenvalue weighted by Crippen LogP contribution is 2.34. The van der Waals surface area contributed by atoms with E-state index in [4.69, 9.17) is 10.5 Å². The molecule has 0 heterocycles. The molecule has 0 aliphatic rings. The summed E-state index contributed by atoms with van der Waals surface area (Å²) < 4.78 is 5.03. The molecule has 16 heavy (non-hydrogen) atoms. The Morgan fingerprint density at radius 3 is 2.56 bits per heavy atom. The average molecular weight is 223 g/mol. The Bertz CT molecular complexity index is 399. The monoisotopic (exact) mass is 223 g/mol. The van der Waals surface area contributed by atoms with Crippen LogP contribution in [0.5, 0.6) is 11.5 Å². The molecule has 0 saturated heterocycles. The number of carbonyl (C=O) groups is 1. The van der Waals surface area contributed by atoms with Gasteiger partial charge >= 0.3 is 0 Å². The summed E-state index contributed by atoms with van der Waals surface area (Å²) in [7, 11) is 1.45. The van der Waals surface area contributed by atoms with Crippen LogP contribution < -0.4 is 10.5 Å². The fraction of sp³-hybridized carbons (Fsp3) is 0.417. The van der Waals surface area contributed by atoms with Crippen LogP contribution in [0.4, 0.5) is 0 Å². The lowest BCUT2D eigenvalue weighted by Gasteiger charge is -2.13. The number of ether oxygens (including phenoxy) is 1. The largest absolute Gasteiger partial charge is 0.504 e. The number of carbonyl (C=O) groups excluding carboxylic acids is 1. The second-order valence-electron chi connectivity index (χ2n) is 3.90. The van der Waals surface area contributed by atoms with E-state index in [2.05, 4.69) is 0 Å². The van der Waals surface area contributed by atoms with Crippen molar-refractivity contribution in [1.29, 1.82) is 0 Å². The Labute approximate surface area is 95.0 Å². The maximum atomic E-state index is 11.5. The first-order valence-corrected chi connectivity index (χ1v) is 5.15. The first kappa shape index (κ1) is 12.5. The quantitative estimate of drug-likeness (QED) is 0.761. The van der Waals surface area contributed by atoms with E-state index in [1.807, 2.05) is 13.8 Å². The molecule has 88 valence electrons. The number of nitrogens with two attached hydrogens (primary N) is 1. The molecule has 0 aromatic heterocycles. The molecule has 4 nitrogen and oxygen atoms in total. The van der Waals surface area contributed by atoms with Gasteiger partial charge in [0.1, 0.15) is 0 Å². The lowest BCUT2D eigenvalue weighted by Crippen LogP contribution is -2.14. The highest BCUT2D eigenvalue weighted by molar-refractivity contribution is 6.00. The number of hydrogen-bond donors (Lipinski definition) is 2. The summed E-state index contributed by atoms with van der Waals surface area (Å²) in [4.78, 5) is 11.5. The lowest BCUT2D eigenvalue weighted by atomic mass is 9.98. The summed E-state index contributed by atoms with van der Waals surface area (Å²) >= 11 is 0. The van der Waals surface area contributed by atoms with Gasteiger partial charge in [-0.15, -0.1) is 0 Å². The molecular formula is C12H17NO3. The number of rotatable bonds is 4. The highest BCUT2D eigenvalue weighted by Gasteiger charge is 2.16. The highest BCUT2D eigenvalue weighted by atomic mass is 16.5. The second-order valence-corrected chi connectivity index (χ2v) is 3.90. The van der Waals surface area contributed by atoms with Crippen LogP contribution in [0.3, 0.4) is 0 Å². The van der Waals surface area contributed by atoms with Crippen molar-refractivity contribution < 1.29 is 14.6 Å². The van der Waals surface area contributed by atoms with Crippen LogP contribution in [0.2, 0.25) is 0 Å². The van der Waals surface area contributed by atoms with Gasteiger partial charge in [-0.05, 0) is 23.6 Å². The fourth-order valence-electron chi connectivity index (χ4n) is 1.44. The van der Waals surface area contributed by atoms with E-state index in [9.17, 15) is 9.90 Å². The fourth-order valence-corrected chi connectivity index (χ4v) is 1.44. The van der Waals surface area contributed by atoms with Crippen LogP contribution in [0.25, 0.3) is 0 Å². The third-order valence-corrected chi connectivity index (χ3v) is 2.47. The number of methoxy groups -OCH3 is 1. The standard InChI is InChI=1S/C12H17NO3/c1-7(2)8-4-9(10(14)6-13)12(15)11(5-8)16-3/h4-5,7,15H,6,13H2,1-3H3. The van der Waals surface area contributed by atoms with Gasteiger partial charge in [-0.2, -0.15) is 0 Å². The molecule has 0 spiro atoms. The van der Waals surface area contributed by atoms with Gasteiger partial charge in [0.15, 0.2) is 17.3 Å². The summed E-state index contributed by atoms with van der Waals surface area (Å²) in [5.41, 5.74) is 6.45. The summed E-state index contributed by atoms with van der Waals surface area (Å²) in [5.74, 6) is 0.127. The molecule has 0 atom stereocenters. The van der Waals surface area contributed by atoms with E-state index in [0.29, 0.717) is 5.75 Å². The molecule has 1 aromatic rings. The summed E-state index contributed by atoms with van der Waals surface area (Å²) in [6, 6.07) is 3.39. The van der Waals surface area contributed by atoms with Crippen LogP contribution in [0.1, 0.15) is 35.7 Å². The van der Waals surface area contributed by atoms with Gasteiger partial charge < -0.3 is 15.6 Å². The van der Waals surface area contributed by atoms with Gasteiger partial charge in [-0.25, -0.2) is 0 Å². The average Bonchev–Trinajstić information content (AvgIpc) is 2.28. The van der Waals surface area contributed by atoms with Crippen molar-refractivity contribution in [3.63, 3.8) is 0 Å². The zero-order chi connectivity index (χ0) is 12.3. The zero-order valence-electron chi connectivity index (χ0n) is 9.78. The molecule has 0 fully saturated rings. The number of hydrogen-bond acceptors (Lipinski definition) is 4. The SMILES string of the molecule is COc1cc(C(C)C)cc(C(=O)CN)c1O. The maximum absolute atomic E-state index is 11.5. The zero-order valence-corrected chi connectivity index (χ0v) is 9.78. The van der Waals surface area contributed by atoms with Crippen molar-refractivity contribution in [2.75, 3.05) is 13.7 Å². The number of phenols is 1. The number of phenolic OH excluding ortho intramolecular Hbond substituents is 1. The second kappa shape index (κ2) is 4.99. The van der Waals surface area contributed by atoms with Crippen molar-refractivity contribution in [3.05, 3.63) is 23.3 Å². The molecule has 0 radical (unpaired) electrons. The van der Waals surface area contributed by atoms with Crippen LogP contribution in [0, 0.1) is 0 Å². The predicted octanol–water partition coefficient (Wildman–Crippen LogP) is 1.67. The molecule has 0 aliphatic carbocycles. The van der Waals surface area contributed by atoms with Gasteiger partial charge in [0.05, 0.1) is 19.2 Å². The van der Waals surface area contributed by atoms with Crippen molar-refractivity contribution in [2.45, 2.75) is 19.8 Å². The van der Waals surface area contributed by atoms with Gasteiger partial charge in [-0.3, -0.25) is 4.79 Å². The molecular weight excluding hydrogens is 206 g/mol. The lowest BCUT2D eigenvalue weighted by molar-refractivity contribution is 0.0998. The number of benzene rings is 1. The van der Waals surface area contributed by atoms with Crippen molar-refractivity contribution in [1.82, 2.24) is 0 Å². The van der Waals surface area contributed by atoms with Crippen molar-refractivity contribution in [3.8, 4) is 11.5 Å². The topological polar surface area (TPSA) is 72.5 Å². The third-order valence-electron chi connectivity index (χ3n) is 2.47. The van der Waals surface area contributed by atoms with Crippen LogP contribution in [-0.2, 0) is 0 Å². The number of ketones is 1. The van der Waals surface area contributed by atoms with E-state index < -0.39 is 0 Å². The first-order valence-electron chi connectivity index (χ1n) is 5.15. The minimum Gasteiger partial charge on any atom is -0.504 e. The molecule has 3 N–H and O–H groups in total. The van der Waals surface area contributed by atoms with Crippen molar-refractivity contribution in [2.24, 2.45) is 5.73 Å². The molecule has 0 aliphatic heterocycles. The first-order chi connectivity index (χ1) is 7.51. The minimum atomic E-state index is -0.293. The van der Waals surface area contributed by atoms with E-state index >= 15 is 0 Å². The van der Waals surface area contributed by atoms with E-state index in [0.717, 1.165) is 5.56 Å². The van der Waals surface area contributed by atoms with E-state index in [-0.39, 0.29) is 29.6 Å². The van der Waals surface area contributed by atoms with Crippen LogP contribution >= 0.6 is 0 Å². The number of aromatic hydroxyl groups is 1. The van der Waals surface area contributed by atoms with Crippen LogP contribution in [0.15, 0.2) is 12.1 Å². The smallest absolute Gasteiger partial charge is 0.180 e. The van der Waals surface area contributed by atoms with E-state index in [1.54, 1.807) is 12.1 Å². The van der Waals surface area contributed by atoms with Gasteiger partial charge in [-0.1, -0.05) is 13.8 Å². The Morgan fingerprint density at radius 2 is 2.12 bits per heavy atom. The van der Waals surface area contributed by atoms with Gasteiger partial charge in [0.2, 0.25) is 0 Å². The molecule has 1 aromatic carbocycles.